The van der Waals surface area contributed by atoms with E-state index < -0.39 is 11.8 Å². The largest absolute Gasteiger partial charge is 0.462 e. The van der Waals surface area contributed by atoms with E-state index in [0.717, 1.165) is 47.8 Å². The highest BCUT2D eigenvalue weighted by atomic mass is 16.5. The van der Waals surface area contributed by atoms with E-state index in [-0.39, 0.29) is 6.04 Å². The van der Waals surface area contributed by atoms with Gasteiger partial charge in [-0.3, -0.25) is 10.4 Å². The fraction of sp³-hybridized carbons (Fsp3) is 0.435. The van der Waals surface area contributed by atoms with Crippen LogP contribution < -0.4 is 5.43 Å². The third-order valence-corrected chi connectivity index (χ3v) is 5.73. The Balaban J connectivity index is 1.58. The van der Waals surface area contributed by atoms with Crippen molar-refractivity contribution in [1.29, 1.82) is 0 Å². The highest BCUT2D eigenvalue weighted by Gasteiger charge is 2.44. The van der Waals surface area contributed by atoms with Crippen molar-refractivity contribution in [1.82, 2.24) is 10.4 Å². The van der Waals surface area contributed by atoms with Gasteiger partial charge in [-0.25, -0.2) is 5.01 Å². The Morgan fingerprint density at radius 2 is 2.00 bits per heavy atom. The molecule has 0 amide bonds. The molecule has 4 rings (SSSR count). The molecular formula is C23H29N3O2. The summed E-state index contributed by atoms with van der Waals surface area (Å²) in [4.78, 5) is 4.90. The van der Waals surface area contributed by atoms with E-state index in [1.165, 1.54) is 5.56 Å². The van der Waals surface area contributed by atoms with Gasteiger partial charge in [0.2, 0.25) is 0 Å². The van der Waals surface area contributed by atoms with Gasteiger partial charge in [0.15, 0.2) is 0 Å². The maximum atomic E-state index is 11.0. The van der Waals surface area contributed by atoms with Crippen LogP contribution in [-0.4, -0.2) is 40.2 Å². The van der Waals surface area contributed by atoms with Gasteiger partial charge in [0.05, 0.1) is 11.6 Å². The lowest BCUT2D eigenvalue weighted by Gasteiger charge is -2.47. The molecule has 2 aliphatic heterocycles. The molecule has 0 bridgehead atoms. The van der Waals surface area contributed by atoms with Crippen molar-refractivity contribution >= 4 is 5.71 Å². The monoisotopic (exact) mass is 379 g/mol. The van der Waals surface area contributed by atoms with Crippen LogP contribution in [0.1, 0.15) is 39.7 Å². The number of nitrogens with one attached hydrogen (secondary N) is 1. The average molecular weight is 380 g/mol. The SMILES string of the molecule is CC1=C(C)OC2=CC3C(=NC(C)(C)C(O)N3NCCc3ccccc3)CC2=C1. The number of ether oxygens (including phenoxy) is 1. The minimum absolute atomic E-state index is 0.114. The molecule has 28 heavy (non-hydrogen) atoms. The Bertz CT molecular complexity index is 880. The number of aliphatic imine (C=N–C) groups is 1. The highest BCUT2D eigenvalue weighted by Crippen LogP contribution is 2.37. The number of hydrogen-bond donors (Lipinski definition) is 2. The van der Waals surface area contributed by atoms with Crippen molar-refractivity contribution in [3.05, 3.63) is 70.7 Å². The topological polar surface area (TPSA) is 57.1 Å². The van der Waals surface area contributed by atoms with E-state index in [2.05, 4.69) is 48.8 Å². The molecule has 0 radical (unpaired) electrons. The van der Waals surface area contributed by atoms with Gasteiger partial charge in [-0.05, 0) is 57.4 Å². The number of aliphatic hydroxyl groups is 1. The summed E-state index contributed by atoms with van der Waals surface area (Å²) in [7, 11) is 0. The third kappa shape index (κ3) is 3.58. The van der Waals surface area contributed by atoms with Gasteiger partial charge in [-0.1, -0.05) is 30.3 Å². The van der Waals surface area contributed by atoms with Gasteiger partial charge in [0.25, 0.3) is 0 Å². The summed E-state index contributed by atoms with van der Waals surface area (Å²) in [5.41, 5.74) is 7.53. The zero-order valence-corrected chi connectivity index (χ0v) is 17.1. The fourth-order valence-electron chi connectivity index (χ4n) is 3.99. The highest BCUT2D eigenvalue weighted by molar-refractivity contribution is 5.96. The molecule has 0 aromatic heterocycles. The number of rotatable bonds is 4. The van der Waals surface area contributed by atoms with Gasteiger partial charge < -0.3 is 9.84 Å². The summed E-state index contributed by atoms with van der Waals surface area (Å²) in [6.07, 6.45) is 5.19. The maximum absolute atomic E-state index is 11.0. The van der Waals surface area contributed by atoms with E-state index in [0.29, 0.717) is 0 Å². The number of fused-ring (bicyclic) bond motifs is 2. The first-order valence-corrected chi connectivity index (χ1v) is 9.96. The standard InChI is InChI=1S/C23H29N3O2/c1-15-12-18-13-19-20(14-21(18)28-16(15)2)26(22(27)23(3,4)25-19)24-11-10-17-8-6-5-7-9-17/h5-9,12,14,20,22,24,27H,10-11,13H2,1-4H3. The van der Waals surface area contributed by atoms with Crippen molar-refractivity contribution < 1.29 is 9.84 Å². The van der Waals surface area contributed by atoms with Crippen LogP contribution >= 0.6 is 0 Å². The first-order valence-electron chi connectivity index (χ1n) is 9.96. The van der Waals surface area contributed by atoms with Gasteiger partial charge in [0, 0.05) is 24.3 Å². The first kappa shape index (κ1) is 19.1. The third-order valence-electron chi connectivity index (χ3n) is 5.73. The number of nitrogens with zero attached hydrogens (tertiary/aromatic N) is 2. The Labute approximate surface area is 167 Å². The molecule has 2 heterocycles. The number of hydrazine groups is 1. The van der Waals surface area contributed by atoms with Gasteiger partial charge >= 0.3 is 0 Å². The second-order valence-corrected chi connectivity index (χ2v) is 8.34. The minimum atomic E-state index is -0.721. The van der Waals surface area contributed by atoms with Crippen molar-refractivity contribution in [2.24, 2.45) is 4.99 Å². The summed E-state index contributed by atoms with van der Waals surface area (Å²) in [5, 5.41) is 12.9. The van der Waals surface area contributed by atoms with Crippen LogP contribution in [0.5, 0.6) is 0 Å². The van der Waals surface area contributed by atoms with Crippen molar-refractivity contribution in [2.45, 2.75) is 58.3 Å². The Morgan fingerprint density at radius 3 is 2.75 bits per heavy atom. The summed E-state index contributed by atoms with van der Waals surface area (Å²) in [5.74, 6) is 1.81. The zero-order chi connectivity index (χ0) is 19.9. The molecule has 5 nitrogen and oxygen atoms in total. The lowest BCUT2D eigenvalue weighted by Crippen LogP contribution is -2.64. The van der Waals surface area contributed by atoms with E-state index in [9.17, 15) is 5.11 Å². The van der Waals surface area contributed by atoms with Crippen LogP contribution in [0.15, 0.2) is 70.1 Å². The number of aliphatic hydroxyl groups excluding tert-OH is 1. The van der Waals surface area contributed by atoms with E-state index >= 15 is 0 Å². The molecule has 5 heteroatoms. The molecule has 2 unspecified atom stereocenters. The molecule has 0 spiro atoms. The molecular weight excluding hydrogens is 350 g/mol. The minimum Gasteiger partial charge on any atom is -0.462 e. The maximum Gasteiger partial charge on any atom is 0.145 e. The molecule has 148 valence electrons. The summed E-state index contributed by atoms with van der Waals surface area (Å²) in [6.45, 7) is 8.76. The smallest absolute Gasteiger partial charge is 0.145 e. The lowest BCUT2D eigenvalue weighted by molar-refractivity contribution is -0.0832. The van der Waals surface area contributed by atoms with Crippen LogP contribution in [0, 0.1) is 0 Å². The number of allylic oxidation sites excluding steroid dienone is 4. The lowest BCUT2D eigenvalue weighted by atomic mass is 9.87. The summed E-state index contributed by atoms with van der Waals surface area (Å²) < 4.78 is 6.04. The van der Waals surface area contributed by atoms with Crippen molar-refractivity contribution in [2.75, 3.05) is 6.54 Å². The van der Waals surface area contributed by atoms with Crippen molar-refractivity contribution in [3.63, 3.8) is 0 Å². The Hall–Kier alpha value is -2.21. The molecule has 1 aromatic rings. The summed E-state index contributed by atoms with van der Waals surface area (Å²) >= 11 is 0. The van der Waals surface area contributed by atoms with E-state index in [1.807, 2.05) is 31.8 Å². The Morgan fingerprint density at radius 1 is 1.25 bits per heavy atom. The molecule has 0 saturated heterocycles. The molecule has 1 aliphatic carbocycles. The molecule has 3 aliphatic rings. The second-order valence-electron chi connectivity index (χ2n) is 8.34. The number of hydrogen-bond acceptors (Lipinski definition) is 5. The second kappa shape index (κ2) is 7.32. The summed E-state index contributed by atoms with van der Waals surface area (Å²) in [6, 6.07) is 10.3. The number of benzene rings is 1. The Kier molecular flexibility index (Phi) is 5.00. The first-order chi connectivity index (χ1) is 13.3. The quantitative estimate of drug-likeness (QED) is 0.841. The molecule has 2 atom stereocenters. The van der Waals surface area contributed by atoms with Crippen molar-refractivity contribution in [3.8, 4) is 0 Å². The predicted octanol–water partition coefficient (Wildman–Crippen LogP) is 3.49. The van der Waals surface area contributed by atoms with Crippen LogP contribution in [0.4, 0.5) is 0 Å². The fourth-order valence-corrected chi connectivity index (χ4v) is 3.99. The van der Waals surface area contributed by atoms with Gasteiger partial charge in [-0.2, -0.15) is 0 Å². The average Bonchev–Trinajstić information content (AvgIpc) is 2.66. The molecule has 0 fully saturated rings. The molecule has 0 saturated carbocycles. The van der Waals surface area contributed by atoms with Crippen LogP contribution in [0.25, 0.3) is 0 Å². The normalized spacial score (nSPS) is 26.5. The van der Waals surface area contributed by atoms with Crippen LogP contribution in [-0.2, 0) is 11.2 Å². The molecule has 2 N–H and O–H groups in total. The van der Waals surface area contributed by atoms with Gasteiger partial charge in [-0.15, -0.1) is 0 Å². The molecule has 1 aromatic carbocycles. The van der Waals surface area contributed by atoms with E-state index in [4.69, 9.17) is 9.73 Å². The van der Waals surface area contributed by atoms with E-state index in [1.54, 1.807) is 0 Å². The predicted molar refractivity (Wildman–Crippen MR) is 112 cm³/mol. The van der Waals surface area contributed by atoms with Gasteiger partial charge in [0.1, 0.15) is 17.7 Å². The van der Waals surface area contributed by atoms with Crippen LogP contribution in [0.3, 0.4) is 0 Å². The zero-order valence-electron chi connectivity index (χ0n) is 17.1. The van der Waals surface area contributed by atoms with Crippen LogP contribution in [0.2, 0.25) is 0 Å².